The van der Waals surface area contributed by atoms with Crippen LogP contribution in [0.3, 0.4) is 0 Å². The van der Waals surface area contributed by atoms with Crippen molar-refractivity contribution in [2.75, 3.05) is 14.2 Å². The van der Waals surface area contributed by atoms with Crippen LogP contribution < -0.4 is 18.9 Å². The van der Waals surface area contributed by atoms with E-state index in [9.17, 15) is 4.79 Å². The lowest BCUT2D eigenvalue weighted by Crippen LogP contribution is -2.33. The smallest absolute Gasteiger partial charge is 0.188 e. The van der Waals surface area contributed by atoms with E-state index in [1.165, 1.54) is 0 Å². The molecule has 0 amide bonds. The SMILES string of the molecule is COc1cc(OC)cc(OCc2c(O[C@@](C)(c3ccccc3)c3ncc[nH]3)ccc3c2CCCC3=O)c1. The van der Waals surface area contributed by atoms with Crippen molar-refractivity contribution in [1.82, 2.24) is 9.97 Å². The number of carbonyl (C=O) groups is 1. The Labute approximate surface area is 216 Å². The minimum absolute atomic E-state index is 0.147. The Morgan fingerprint density at radius 2 is 1.68 bits per heavy atom. The first kappa shape index (κ1) is 24.4. The summed E-state index contributed by atoms with van der Waals surface area (Å²) in [5, 5.41) is 0. The molecule has 190 valence electrons. The lowest BCUT2D eigenvalue weighted by atomic mass is 9.86. The summed E-state index contributed by atoms with van der Waals surface area (Å²) in [5.41, 5.74) is 2.61. The van der Waals surface area contributed by atoms with Crippen LogP contribution >= 0.6 is 0 Å². The third-order valence-electron chi connectivity index (χ3n) is 6.82. The molecule has 0 aliphatic heterocycles. The number of Topliss-reactive ketones (excluding diaryl/α,β-unsaturated/α-hetero) is 1. The molecule has 7 nitrogen and oxygen atoms in total. The molecule has 0 saturated carbocycles. The van der Waals surface area contributed by atoms with Crippen LogP contribution in [0, 0.1) is 0 Å². The summed E-state index contributed by atoms with van der Waals surface area (Å²) in [4.78, 5) is 20.5. The molecular formula is C30H30N2O5. The predicted molar refractivity (Wildman–Crippen MR) is 140 cm³/mol. The number of nitrogens with zero attached hydrogens (tertiary/aromatic N) is 1. The van der Waals surface area contributed by atoms with Crippen LogP contribution in [0.1, 0.15) is 52.6 Å². The van der Waals surface area contributed by atoms with E-state index in [4.69, 9.17) is 18.9 Å². The van der Waals surface area contributed by atoms with Gasteiger partial charge in [0, 0.05) is 53.7 Å². The molecule has 0 bridgehead atoms. The number of ketones is 1. The van der Waals surface area contributed by atoms with Crippen molar-refractivity contribution in [1.29, 1.82) is 0 Å². The molecule has 7 heteroatoms. The number of fused-ring (bicyclic) bond motifs is 1. The van der Waals surface area contributed by atoms with E-state index in [-0.39, 0.29) is 12.4 Å². The second kappa shape index (κ2) is 10.4. The minimum atomic E-state index is -0.897. The van der Waals surface area contributed by atoms with Gasteiger partial charge in [0.05, 0.1) is 14.2 Å². The third kappa shape index (κ3) is 4.89. The fraction of sp³-hybridized carbons (Fsp3) is 0.267. The minimum Gasteiger partial charge on any atom is -0.496 e. The molecule has 1 aliphatic rings. The van der Waals surface area contributed by atoms with Crippen LogP contribution in [0.2, 0.25) is 0 Å². The van der Waals surface area contributed by atoms with Gasteiger partial charge in [0.1, 0.15) is 29.6 Å². The molecule has 1 aromatic heterocycles. The first-order valence-electron chi connectivity index (χ1n) is 12.3. The predicted octanol–water partition coefficient (Wildman–Crippen LogP) is 5.87. The Balaban J connectivity index is 1.57. The summed E-state index contributed by atoms with van der Waals surface area (Å²) in [6, 6.07) is 19.1. The summed E-state index contributed by atoms with van der Waals surface area (Å²) in [6.07, 6.45) is 5.62. The van der Waals surface area contributed by atoms with E-state index < -0.39 is 5.60 Å². The van der Waals surface area contributed by atoms with Crippen LogP contribution in [0.25, 0.3) is 0 Å². The lowest BCUT2D eigenvalue weighted by molar-refractivity contribution is 0.0970. The van der Waals surface area contributed by atoms with Gasteiger partial charge in [-0.3, -0.25) is 4.79 Å². The second-order valence-corrected chi connectivity index (χ2v) is 9.12. The number of hydrogen-bond donors (Lipinski definition) is 1. The van der Waals surface area contributed by atoms with Crippen molar-refractivity contribution in [3.05, 3.63) is 101 Å². The monoisotopic (exact) mass is 498 g/mol. The largest absolute Gasteiger partial charge is 0.496 e. The van der Waals surface area contributed by atoms with Gasteiger partial charge in [-0.2, -0.15) is 0 Å². The fourth-order valence-corrected chi connectivity index (χ4v) is 4.80. The van der Waals surface area contributed by atoms with Crippen LogP contribution in [0.4, 0.5) is 0 Å². The molecule has 1 N–H and O–H groups in total. The average molecular weight is 499 g/mol. The molecule has 0 radical (unpaired) electrons. The Hall–Kier alpha value is -4.26. The van der Waals surface area contributed by atoms with Crippen molar-refractivity contribution < 1.29 is 23.7 Å². The number of H-pyrrole nitrogens is 1. The average Bonchev–Trinajstić information content (AvgIpc) is 3.49. The highest BCUT2D eigenvalue weighted by Crippen LogP contribution is 2.39. The van der Waals surface area contributed by atoms with E-state index in [0.717, 1.165) is 35.1 Å². The molecule has 5 rings (SSSR count). The van der Waals surface area contributed by atoms with Crippen LogP contribution in [-0.2, 0) is 18.6 Å². The van der Waals surface area contributed by atoms with Crippen LogP contribution in [0.5, 0.6) is 23.0 Å². The number of aromatic nitrogens is 2. The molecule has 4 aromatic rings. The van der Waals surface area contributed by atoms with E-state index in [2.05, 4.69) is 9.97 Å². The Morgan fingerprint density at radius 1 is 0.946 bits per heavy atom. The van der Waals surface area contributed by atoms with E-state index in [1.54, 1.807) is 44.8 Å². The molecule has 1 atom stereocenters. The Morgan fingerprint density at radius 3 is 2.35 bits per heavy atom. The molecule has 3 aromatic carbocycles. The molecular weight excluding hydrogens is 468 g/mol. The molecule has 0 spiro atoms. The fourth-order valence-electron chi connectivity index (χ4n) is 4.80. The standard InChI is InChI=1S/C30H30N2O5/c1-30(29-31-14-15-32-29,20-8-5-4-6-9-20)37-28-13-12-25-24(10-7-11-27(25)33)26(28)19-36-23-17-21(34-2)16-22(18-23)35-3/h4-6,8-9,12-18H,7,10-11,19H2,1-3H3,(H,31,32)/t30-/m0/s1. The highest BCUT2D eigenvalue weighted by Gasteiger charge is 2.35. The van der Waals surface area contributed by atoms with Gasteiger partial charge in [0.2, 0.25) is 0 Å². The number of aromatic amines is 1. The number of benzene rings is 3. The van der Waals surface area contributed by atoms with Crippen molar-refractivity contribution >= 4 is 5.78 Å². The molecule has 0 unspecified atom stereocenters. The normalized spacial score (nSPS) is 14.4. The summed E-state index contributed by atoms with van der Waals surface area (Å²) < 4.78 is 23.9. The lowest BCUT2D eigenvalue weighted by Gasteiger charge is -2.32. The zero-order valence-electron chi connectivity index (χ0n) is 21.2. The van der Waals surface area contributed by atoms with E-state index >= 15 is 0 Å². The number of hydrogen-bond acceptors (Lipinski definition) is 6. The van der Waals surface area contributed by atoms with Gasteiger partial charge in [-0.1, -0.05) is 30.3 Å². The summed E-state index contributed by atoms with van der Waals surface area (Å²) in [6.45, 7) is 2.20. The van der Waals surface area contributed by atoms with Gasteiger partial charge in [0.15, 0.2) is 17.2 Å². The maximum absolute atomic E-state index is 12.8. The Kier molecular flexibility index (Phi) is 6.86. The first-order chi connectivity index (χ1) is 18.0. The first-order valence-corrected chi connectivity index (χ1v) is 12.3. The number of nitrogens with one attached hydrogen (secondary N) is 1. The van der Waals surface area contributed by atoms with Crippen LogP contribution in [-0.4, -0.2) is 30.0 Å². The number of imidazole rings is 1. The van der Waals surface area contributed by atoms with Gasteiger partial charge in [-0.15, -0.1) is 0 Å². The van der Waals surface area contributed by atoms with Gasteiger partial charge >= 0.3 is 0 Å². The zero-order valence-corrected chi connectivity index (χ0v) is 21.2. The quantitative estimate of drug-likeness (QED) is 0.311. The number of carbonyl (C=O) groups excluding carboxylic acids is 1. The van der Waals surface area contributed by atoms with Gasteiger partial charge < -0.3 is 23.9 Å². The number of rotatable bonds is 9. The van der Waals surface area contributed by atoms with Crippen molar-refractivity contribution in [3.8, 4) is 23.0 Å². The van der Waals surface area contributed by atoms with Gasteiger partial charge in [-0.05, 0) is 37.5 Å². The summed E-state index contributed by atoms with van der Waals surface area (Å²) >= 11 is 0. The van der Waals surface area contributed by atoms with E-state index in [1.807, 2.05) is 49.4 Å². The third-order valence-corrected chi connectivity index (χ3v) is 6.82. The highest BCUT2D eigenvalue weighted by molar-refractivity contribution is 5.99. The molecule has 0 fully saturated rings. The van der Waals surface area contributed by atoms with E-state index in [0.29, 0.717) is 35.2 Å². The second-order valence-electron chi connectivity index (χ2n) is 9.12. The Bertz CT molecular complexity index is 1360. The summed E-state index contributed by atoms with van der Waals surface area (Å²) in [5.74, 6) is 3.33. The maximum atomic E-state index is 12.8. The van der Waals surface area contributed by atoms with Gasteiger partial charge in [-0.25, -0.2) is 4.98 Å². The molecule has 37 heavy (non-hydrogen) atoms. The molecule has 0 saturated heterocycles. The maximum Gasteiger partial charge on any atom is 0.188 e. The molecule has 1 aliphatic carbocycles. The number of ether oxygens (including phenoxy) is 4. The number of methoxy groups -OCH3 is 2. The van der Waals surface area contributed by atoms with Crippen molar-refractivity contribution in [2.24, 2.45) is 0 Å². The zero-order chi connectivity index (χ0) is 25.8. The highest BCUT2D eigenvalue weighted by atomic mass is 16.5. The van der Waals surface area contributed by atoms with Crippen LogP contribution in [0.15, 0.2) is 73.1 Å². The van der Waals surface area contributed by atoms with Crippen molar-refractivity contribution in [2.45, 2.75) is 38.4 Å². The summed E-state index contributed by atoms with van der Waals surface area (Å²) in [7, 11) is 3.20. The van der Waals surface area contributed by atoms with Crippen molar-refractivity contribution in [3.63, 3.8) is 0 Å². The molecule has 1 heterocycles. The van der Waals surface area contributed by atoms with Gasteiger partial charge in [0.25, 0.3) is 0 Å². The topological polar surface area (TPSA) is 82.7 Å².